The van der Waals surface area contributed by atoms with Crippen molar-refractivity contribution >= 4 is 29.4 Å². The lowest BCUT2D eigenvalue weighted by Gasteiger charge is -2.19. The van der Waals surface area contributed by atoms with E-state index in [9.17, 15) is 19.2 Å². The lowest BCUT2D eigenvalue weighted by atomic mass is 9.98. The van der Waals surface area contributed by atoms with Crippen LogP contribution in [0.15, 0.2) is 18.2 Å². The Morgan fingerprint density at radius 1 is 0.750 bits per heavy atom. The van der Waals surface area contributed by atoms with E-state index in [0.717, 1.165) is 38.5 Å². The summed E-state index contributed by atoms with van der Waals surface area (Å²) < 4.78 is 9.41. The third-order valence-electron chi connectivity index (χ3n) is 5.74. The molecular formula is C24H34N2O6. The fourth-order valence-electron chi connectivity index (χ4n) is 3.92. The van der Waals surface area contributed by atoms with Crippen molar-refractivity contribution in [3.05, 3.63) is 29.3 Å². The van der Waals surface area contributed by atoms with Crippen LogP contribution in [0.5, 0.6) is 0 Å². The Morgan fingerprint density at radius 3 is 1.81 bits per heavy atom. The van der Waals surface area contributed by atoms with Crippen molar-refractivity contribution in [2.24, 2.45) is 0 Å². The molecule has 1 fully saturated rings. The van der Waals surface area contributed by atoms with Gasteiger partial charge in [-0.3, -0.25) is 9.59 Å². The van der Waals surface area contributed by atoms with E-state index in [1.165, 1.54) is 64.5 Å². The van der Waals surface area contributed by atoms with Crippen LogP contribution in [0.25, 0.3) is 0 Å². The molecule has 0 bridgehead atoms. The molecule has 0 aliphatic heterocycles. The van der Waals surface area contributed by atoms with E-state index in [0.29, 0.717) is 0 Å². The summed E-state index contributed by atoms with van der Waals surface area (Å²) in [5.41, 5.74) is 0.182. The summed E-state index contributed by atoms with van der Waals surface area (Å²) in [6.45, 7) is 0. The molecule has 0 heterocycles. The molecule has 1 aliphatic carbocycles. The van der Waals surface area contributed by atoms with E-state index in [-0.39, 0.29) is 22.9 Å². The molecule has 1 aromatic carbocycles. The van der Waals surface area contributed by atoms with Crippen molar-refractivity contribution in [2.45, 2.75) is 76.7 Å². The van der Waals surface area contributed by atoms with Crippen LogP contribution in [0.3, 0.4) is 0 Å². The van der Waals surface area contributed by atoms with Crippen molar-refractivity contribution in [3.63, 3.8) is 0 Å². The van der Waals surface area contributed by atoms with Crippen LogP contribution in [0.4, 0.5) is 5.69 Å². The molecule has 0 saturated heterocycles. The average Bonchev–Trinajstić information content (AvgIpc) is 2.79. The van der Waals surface area contributed by atoms with E-state index in [1.807, 2.05) is 0 Å². The second kappa shape index (κ2) is 13.5. The number of benzene rings is 1. The summed E-state index contributed by atoms with van der Waals surface area (Å²) in [5.74, 6) is -2.99. The summed E-state index contributed by atoms with van der Waals surface area (Å²) in [4.78, 5) is 49.0. The first-order valence-electron chi connectivity index (χ1n) is 11.4. The molecule has 176 valence electrons. The monoisotopic (exact) mass is 446 g/mol. The number of methoxy groups -OCH3 is 2. The van der Waals surface area contributed by atoms with Gasteiger partial charge in [0.25, 0.3) is 0 Å². The van der Waals surface area contributed by atoms with Crippen molar-refractivity contribution in [1.29, 1.82) is 0 Å². The van der Waals surface area contributed by atoms with Gasteiger partial charge in [0.1, 0.15) is 0 Å². The van der Waals surface area contributed by atoms with E-state index < -0.39 is 23.8 Å². The van der Waals surface area contributed by atoms with Crippen molar-refractivity contribution in [2.75, 3.05) is 19.5 Å². The fourth-order valence-corrected chi connectivity index (χ4v) is 3.92. The molecule has 1 aliphatic rings. The molecule has 0 atom stereocenters. The lowest BCUT2D eigenvalue weighted by molar-refractivity contribution is -0.136. The van der Waals surface area contributed by atoms with E-state index in [4.69, 9.17) is 4.74 Å². The second-order valence-electron chi connectivity index (χ2n) is 8.13. The first kappa shape index (κ1) is 25.4. The Hall–Kier alpha value is -2.90. The molecule has 2 amide bonds. The standard InChI is InChI=1S/C24H34N2O6/c1-31-23(29)17-14-15-19(24(30)32-2)20(16-17)26-22(28)21(27)25-18-12-10-8-6-4-3-5-7-9-11-13-18/h14-16,18H,3-13H2,1-2H3,(H,25,27)(H,26,28). The highest BCUT2D eigenvalue weighted by Crippen LogP contribution is 2.20. The topological polar surface area (TPSA) is 111 Å². The maximum atomic E-state index is 12.6. The number of anilines is 1. The number of ether oxygens (including phenoxy) is 2. The highest BCUT2D eigenvalue weighted by atomic mass is 16.5. The smallest absolute Gasteiger partial charge is 0.339 e. The van der Waals surface area contributed by atoms with E-state index in [1.54, 1.807) is 0 Å². The lowest BCUT2D eigenvalue weighted by Crippen LogP contribution is -2.42. The van der Waals surface area contributed by atoms with Crippen molar-refractivity contribution in [3.8, 4) is 0 Å². The molecule has 0 aromatic heterocycles. The minimum atomic E-state index is -0.900. The second-order valence-corrected chi connectivity index (χ2v) is 8.13. The Bertz CT molecular complexity index is 796. The zero-order chi connectivity index (χ0) is 23.3. The molecular weight excluding hydrogens is 412 g/mol. The van der Waals surface area contributed by atoms with Gasteiger partial charge in [-0.05, 0) is 31.0 Å². The van der Waals surface area contributed by atoms with Gasteiger partial charge in [0, 0.05) is 6.04 Å². The van der Waals surface area contributed by atoms with Crippen LogP contribution in [0.2, 0.25) is 0 Å². The van der Waals surface area contributed by atoms with Crippen LogP contribution in [0.1, 0.15) is 91.3 Å². The SMILES string of the molecule is COC(=O)c1ccc(C(=O)OC)c(NC(=O)C(=O)NC2CCCCCCCCCCC2)c1. The van der Waals surface area contributed by atoms with Crippen molar-refractivity contribution < 1.29 is 28.7 Å². The largest absolute Gasteiger partial charge is 0.465 e. The zero-order valence-corrected chi connectivity index (χ0v) is 19.0. The van der Waals surface area contributed by atoms with Gasteiger partial charge < -0.3 is 20.1 Å². The van der Waals surface area contributed by atoms with Gasteiger partial charge in [-0.15, -0.1) is 0 Å². The van der Waals surface area contributed by atoms with Crippen LogP contribution in [-0.2, 0) is 19.1 Å². The minimum absolute atomic E-state index is 0.0126. The molecule has 2 N–H and O–H groups in total. The van der Waals surface area contributed by atoms with E-state index >= 15 is 0 Å². The van der Waals surface area contributed by atoms with Gasteiger partial charge in [0.05, 0.1) is 31.0 Å². The third-order valence-corrected chi connectivity index (χ3v) is 5.74. The number of amides is 2. The number of nitrogens with one attached hydrogen (secondary N) is 2. The Labute approximate surface area is 189 Å². The number of hydrogen-bond donors (Lipinski definition) is 2. The summed E-state index contributed by atoms with van der Waals surface area (Å²) in [6, 6.07) is 3.96. The molecule has 8 nitrogen and oxygen atoms in total. The van der Waals surface area contributed by atoms with Crippen LogP contribution in [0, 0.1) is 0 Å². The summed E-state index contributed by atoms with van der Waals surface area (Å²) in [5, 5.41) is 5.29. The van der Waals surface area contributed by atoms with Gasteiger partial charge in [-0.25, -0.2) is 9.59 Å². The highest BCUT2D eigenvalue weighted by molar-refractivity contribution is 6.40. The van der Waals surface area contributed by atoms with Crippen LogP contribution < -0.4 is 10.6 Å². The van der Waals surface area contributed by atoms with Gasteiger partial charge in [0.15, 0.2) is 0 Å². The highest BCUT2D eigenvalue weighted by Gasteiger charge is 2.22. The number of hydrogen-bond acceptors (Lipinski definition) is 6. The van der Waals surface area contributed by atoms with Crippen LogP contribution in [-0.4, -0.2) is 44.0 Å². The van der Waals surface area contributed by atoms with E-state index in [2.05, 4.69) is 15.4 Å². The fraction of sp³-hybridized carbons (Fsp3) is 0.583. The predicted octanol–water partition coefficient (Wildman–Crippen LogP) is 3.99. The van der Waals surface area contributed by atoms with Crippen LogP contribution >= 0.6 is 0 Å². The number of carbonyl (C=O) groups excluding carboxylic acids is 4. The molecule has 0 radical (unpaired) electrons. The summed E-state index contributed by atoms with van der Waals surface area (Å²) in [7, 11) is 2.43. The number of esters is 2. The predicted molar refractivity (Wildman–Crippen MR) is 120 cm³/mol. The summed E-state index contributed by atoms with van der Waals surface area (Å²) >= 11 is 0. The number of rotatable bonds is 4. The first-order chi connectivity index (χ1) is 15.5. The molecule has 2 rings (SSSR count). The Morgan fingerprint density at radius 2 is 1.28 bits per heavy atom. The van der Waals surface area contributed by atoms with Gasteiger partial charge in [-0.1, -0.05) is 57.8 Å². The Balaban J connectivity index is 2.06. The molecule has 0 unspecified atom stereocenters. The molecule has 32 heavy (non-hydrogen) atoms. The normalized spacial score (nSPS) is 16.1. The molecule has 1 saturated carbocycles. The van der Waals surface area contributed by atoms with Crippen molar-refractivity contribution in [1.82, 2.24) is 5.32 Å². The average molecular weight is 447 g/mol. The van der Waals surface area contributed by atoms with Gasteiger partial charge >= 0.3 is 23.8 Å². The zero-order valence-electron chi connectivity index (χ0n) is 19.0. The quantitative estimate of drug-likeness (QED) is 0.534. The molecule has 8 heteroatoms. The first-order valence-corrected chi connectivity index (χ1v) is 11.4. The molecule has 0 spiro atoms. The van der Waals surface area contributed by atoms with Gasteiger partial charge in [0.2, 0.25) is 0 Å². The minimum Gasteiger partial charge on any atom is -0.465 e. The van der Waals surface area contributed by atoms with Gasteiger partial charge in [-0.2, -0.15) is 0 Å². The Kier molecular flexibility index (Phi) is 10.7. The maximum Gasteiger partial charge on any atom is 0.339 e. The number of carbonyl (C=O) groups is 4. The third kappa shape index (κ3) is 7.98. The maximum absolute atomic E-state index is 12.6. The molecule has 1 aromatic rings. The summed E-state index contributed by atoms with van der Waals surface area (Å²) in [6.07, 6.45) is 12.2.